The lowest BCUT2D eigenvalue weighted by Crippen LogP contribution is -3.06. The maximum absolute atomic E-state index is 14.0. The first kappa shape index (κ1) is 18.8. The molecule has 0 saturated carbocycles. The largest absolute Gasteiger partial charge is 0.338 e. The summed E-state index contributed by atoms with van der Waals surface area (Å²) in [6, 6.07) is 12.4. The molecule has 1 aromatic heterocycles. The molecule has 0 radical (unpaired) electrons. The van der Waals surface area contributed by atoms with Crippen molar-refractivity contribution in [1.29, 1.82) is 0 Å². The number of benzene rings is 2. The van der Waals surface area contributed by atoms with Gasteiger partial charge in [0.05, 0.1) is 31.9 Å². The van der Waals surface area contributed by atoms with Crippen LogP contribution in [-0.2, 0) is 0 Å². The Kier molecular flexibility index (Phi) is 5.90. The average Bonchev–Trinajstić information content (AvgIpc) is 3.07. The molecular weight excluding hydrogens is 369 g/mol. The molecule has 1 heterocycles. The minimum absolute atomic E-state index is 0.113. The Morgan fingerprint density at radius 2 is 1.96 bits per heavy atom. The zero-order chi connectivity index (χ0) is 18.7. The molecule has 7 heteroatoms. The molecule has 3 rings (SSSR count). The second-order valence-electron chi connectivity index (χ2n) is 6.23. The van der Waals surface area contributed by atoms with Crippen LogP contribution >= 0.6 is 23.1 Å². The summed E-state index contributed by atoms with van der Waals surface area (Å²) in [6.07, 6.45) is 2.00. The predicted octanol–water partition coefficient (Wildman–Crippen LogP) is 2.95. The van der Waals surface area contributed by atoms with Gasteiger partial charge in [-0.15, -0.1) is 11.8 Å². The molecule has 4 nitrogen and oxygen atoms in total. The summed E-state index contributed by atoms with van der Waals surface area (Å²) < 4.78 is 14.8. The number of aromatic nitrogens is 1. The van der Waals surface area contributed by atoms with E-state index in [1.54, 1.807) is 22.7 Å². The first-order valence-corrected chi connectivity index (χ1v) is 10.3. The number of quaternary nitrogens is 1. The van der Waals surface area contributed by atoms with Gasteiger partial charge in [-0.25, -0.2) is 9.37 Å². The van der Waals surface area contributed by atoms with Crippen molar-refractivity contribution in [3.63, 3.8) is 0 Å². The van der Waals surface area contributed by atoms with Crippen molar-refractivity contribution in [3.05, 3.63) is 53.8 Å². The first-order chi connectivity index (χ1) is 12.5. The van der Waals surface area contributed by atoms with Crippen LogP contribution in [0, 0.1) is 5.82 Å². The summed E-state index contributed by atoms with van der Waals surface area (Å²) in [7, 11) is 4.07. The number of rotatable bonds is 6. The average molecular weight is 391 g/mol. The molecule has 0 bridgehead atoms. The van der Waals surface area contributed by atoms with Crippen molar-refractivity contribution in [2.75, 3.05) is 38.3 Å². The van der Waals surface area contributed by atoms with Crippen LogP contribution in [0.2, 0.25) is 0 Å². The lowest BCUT2D eigenvalue weighted by Gasteiger charge is -2.20. The molecule has 3 aromatic rings. The van der Waals surface area contributed by atoms with Gasteiger partial charge in [0.1, 0.15) is 11.3 Å². The number of likely N-dealkylation sites (N-methyl/N-ethyl adjacent to an activating group) is 1. The first-order valence-electron chi connectivity index (χ1n) is 8.29. The number of halogens is 1. The van der Waals surface area contributed by atoms with Crippen LogP contribution in [0.5, 0.6) is 0 Å². The molecule has 0 aliphatic heterocycles. The van der Waals surface area contributed by atoms with Crippen LogP contribution in [0.3, 0.4) is 0 Å². The molecule has 0 atom stereocenters. The zero-order valence-corrected chi connectivity index (χ0v) is 16.6. The van der Waals surface area contributed by atoms with E-state index in [-0.39, 0.29) is 11.7 Å². The predicted molar refractivity (Wildman–Crippen MR) is 107 cm³/mol. The van der Waals surface area contributed by atoms with Gasteiger partial charge >= 0.3 is 0 Å². The molecule has 1 N–H and O–H groups in total. The quantitative estimate of drug-likeness (QED) is 0.658. The molecule has 1 amide bonds. The summed E-state index contributed by atoms with van der Waals surface area (Å²) >= 11 is 2.98. The van der Waals surface area contributed by atoms with Gasteiger partial charge in [-0.05, 0) is 42.7 Å². The fourth-order valence-corrected chi connectivity index (χ4v) is 3.94. The van der Waals surface area contributed by atoms with E-state index < -0.39 is 0 Å². The molecule has 0 aliphatic rings. The fourth-order valence-electron chi connectivity index (χ4n) is 2.53. The van der Waals surface area contributed by atoms with E-state index in [9.17, 15) is 9.18 Å². The number of nitrogens with one attached hydrogen (secondary N) is 1. The Labute approximate surface area is 160 Å². The van der Waals surface area contributed by atoms with Gasteiger partial charge in [0.15, 0.2) is 5.13 Å². The Balaban J connectivity index is 1.97. The Morgan fingerprint density at radius 1 is 1.23 bits per heavy atom. The van der Waals surface area contributed by atoms with Gasteiger partial charge in [-0.1, -0.05) is 17.4 Å². The maximum Gasteiger partial charge on any atom is 0.260 e. The highest BCUT2D eigenvalue weighted by Gasteiger charge is 2.22. The van der Waals surface area contributed by atoms with Gasteiger partial charge in [0, 0.05) is 10.5 Å². The summed E-state index contributed by atoms with van der Waals surface area (Å²) in [4.78, 5) is 21.5. The van der Waals surface area contributed by atoms with E-state index in [2.05, 4.69) is 4.98 Å². The lowest BCUT2D eigenvalue weighted by atomic mass is 10.2. The van der Waals surface area contributed by atoms with E-state index in [1.807, 2.05) is 50.7 Å². The van der Waals surface area contributed by atoms with Gasteiger partial charge in [-0.3, -0.25) is 9.69 Å². The molecule has 0 aliphatic carbocycles. The molecular formula is C19H21FN3OS2+. The van der Waals surface area contributed by atoms with E-state index in [1.165, 1.54) is 22.3 Å². The van der Waals surface area contributed by atoms with Gasteiger partial charge in [0.2, 0.25) is 0 Å². The second kappa shape index (κ2) is 8.16. The standard InChI is InChI=1S/C19H20FN3OS2/c1-22(2)11-12-23(18(24)13-7-9-14(25-3)10-8-13)19-21-17-15(20)5-4-6-16(17)26-19/h4-10H,11-12H2,1-3H3/p+1. The third kappa shape index (κ3) is 4.06. The van der Waals surface area contributed by atoms with Crippen LogP contribution in [0.25, 0.3) is 10.2 Å². The molecule has 0 unspecified atom stereocenters. The maximum atomic E-state index is 14.0. The second-order valence-corrected chi connectivity index (χ2v) is 8.11. The van der Waals surface area contributed by atoms with Crippen LogP contribution < -0.4 is 9.80 Å². The van der Waals surface area contributed by atoms with Crippen molar-refractivity contribution >= 4 is 44.4 Å². The smallest absolute Gasteiger partial charge is 0.260 e. The number of hydrogen-bond acceptors (Lipinski definition) is 4. The van der Waals surface area contributed by atoms with Crippen molar-refractivity contribution in [1.82, 2.24) is 4.98 Å². The summed E-state index contributed by atoms with van der Waals surface area (Å²) in [5.41, 5.74) is 0.927. The number of thiazole rings is 1. The van der Waals surface area contributed by atoms with Crippen LogP contribution in [0.4, 0.5) is 9.52 Å². The van der Waals surface area contributed by atoms with Crippen molar-refractivity contribution in [3.8, 4) is 0 Å². The number of anilines is 1. The number of para-hydroxylation sites is 1. The Hall–Kier alpha value is -1.96. The van der Waals surface area contributed by atoms with Gasteiger partial charge in [-0.2, -0.15) is 0 Å². The van der Waals surface area contributed by atoms with Crippen molar-refractivity contribution < 1.29 is 14.1 Å². The Morgan fingerprint density at radius 3 is 2.58 bits per heavy atom. The molecule has 136 valence electrons. The molecule has 0 saturated heterocycles. The number of nitrogens with zero attached hydrogens (tertiary/aromatic N) is 2. The van der Waals surface area contributed by atoms with Crippen molar-refractivity contribution in [2.24, 2.45) is 0 Å². The minimum Gasteiger partial charge on any atom is -0.338 e. The van der Waals surface area contributed by atoms with E-state index in [4.69, 9.17) is 0 Å². The van der Waals surface area contributed by atoms with Gasteiger partial charge < -0.3 is 4.90 Å². The zero-order valence-electron chi connectivity index (χ0n) is 15.0. The monoisotopic (exact) mass is 390 g/mol. The van der Waals surface area contributed by atoms with E-state index in [0.717, 1.165) is 16.1 Å². The molecule has 26 heavy (non-hydrogen) atoms. The normalized spacial score (nSPS) is 11.3. The highest BCUT2D eigenvalue weighted by Crippen LogP contribution is 2.31. The topological polar surface area (TPSA) is 37.6 Å². The van der Waals surface area contributed by atoms with Crippen LogP contribution in [0.15, 0.2) is 47.4 Å². The number of hydrogen-bond donors (Lipinski definition) is 1. The lowest BCUT2D eigenvalue weighted by molar-refractivity contribution is -0.856. The number of thioether (sulfide) groups is 1. The van der Waals surface area contributed by atoms with Gasteiger partial charge in [0.25, 0.3) is 5.91 Å². The summed E-state index contributed by atoms with van der Waals surface area (Å²) in [5, 5.41) is 0.533. The van der Waals surface area contributed by atoms with E-state index in [0.29, 0.717) is 22.8 Å². The highest BCUT2D eigenvalue weighted by molar-refractivity contribution is 7.98. The molecule has 0 fully saturated rings. The number of carbonyl (C=O) groups is 1. The van der Waals surface area contributed by atoms with Crippen LogP contribution in [-0.4, -0.2) is 44.3 Å². The minimum atomic E-state index is -0.361. The number of carbonyl (C=O) groups excluding carboxylic acids is 1. The fraction of sp³-hybridized carbons (Fsp3) is 0.263. The number of fused-ring (bicyclic) bond motifs is 1. The van der Waals surface area contributed by atoms with E-state index >= 15 is 0 Å². The third-order valence-corrected chi connectivity index (χ3v) is 5.79. The summed E-state index contributed by atoms with van der Waals surface area (Å²) in [6.45, 7) is 1.29. The highest BCUT2D eigenvalue weighted by atomic mass is 32.2. The number of amides is 1. The molecule has 0 spiro atoms. The Bertz CT molecular complexity index is 909. The summed E-state index contributed by atoms with van der Waals surface area (Å²) in [5.74, 6) is -0.474. The van der Waals surface area contributed by atoms with Crippen LogP contribution in [0.1, 0.15) is 10.4 Å². The van der Waals surface area contributed by atoms with Crippen molar-refractivity contribution in [2.45, 2.75) is 4.90 Å². The SMILES string of the molecule is CSc1ccc(C(=O)N(CC[NH+](C)C)c2nc3c(F)cccc3s2)cc1. The molecule has 2 aromatic carbocycles. The third-order valence-electron chi connectivity index (χ3n) is 4.01.